The van der Waals surface area contributed by atoms with Crippen molar-refractivity contribution in [3.05, 3.63) is 49.4 Å². The van der Waals surface area contributed by atoms with Gasteiger partial charge in [-0.25, -0.2) is 0 Å². The fourth-order valence-electron chi connectivity index (χ4n) is 0.783. The number of allylic oxidation sites excluding steroid dienone is 1. The maximum atomic E-state index is 3.90. The number of hydrogen-bond acceptors (Lipinski definition) is 2. The average Bonchev–Trinajstić information content (AvgIpc) is 2.15. The topological polar surface area (TPSA) is 25.2 Å². The number of pyridine rings is 1. The third-order valence-electron chi connectivity index (χ3n) is 1.39. The van der Waals surface area contributed by atoms with Crippen molar-refractivity contribution in [3.63, 3.8) is 0 Å². The molecule has 0 aliphatic rings. The minimum absolute atomic E-state index is 0.859. The van der Waals surface area contributed by atoms with Gasteiger partial charge in [0, 0.05) is 24.8 Å². The van der Waals surface area contributed by atoms with Gasteiger partial charge >= 0.3 is 0 Å². The maximum absolute atomic E-state index is 3.90. The van der Waals surface area contributed by atoms with Gasteiger partial charge in [-0.15, -0.1) is 0 Å². The van der Waals surface area contributed by atoms with E-state index in [1.807, 2.05) is 12.1 Å². The van der Waals surface area contributed by atoms with Crippen LogP contribution in [0, 0.1) is 0 Å². The van der Waals surface area contributed by atoms with Gasteiger partial charge in [0.15, 0.2) is 0 Å². The van der Waals surface area contributed by atoms with Crippen molar-refractivity contribution in [1.29, 1.82) is 0 Å². The summed E-state index contributed by atoms with van der Waals surface area (Å²) < 4.78 is 0. The first-order chi connectivity index (χ1) is 5.84. The molecule has 1 aromatic rings. The third kappa shape index (κ3) is 2.16. The molecule has 0 radical (unpaired) electrons. The van der Waals surface area contributed by atoms with E-state index in [4.69, 9.17) is 0 Å². The summed E-state index contributed by atoms with van der Waals surface area (Å²) in [5, 5.41) is 0. The Morgan fingerprint density at radius 2 is 2.08 bits per heavy atom. The highest BCUT2D eigenvalue weighted by Crippen LogP contribution is 2.07. The zero-order valence-electron chi connectivity index (χ0n) is 6.77. The van der Waals surface area contributed by atoms with Crippen LogP contribution in [0.4, 0.5) is 0 Å². The normalized spacial score (nSPS) is 10.0. The Morgan fingerprint density at radius 1 is 1.42 bits per heavy atom. The van der Waals surface area contributed by atoms with Crippen LogP contribution in [0.1, 0.15) is 5.56 Å². The minimum Gasteiger partial charge on any atom is -0.265 e. The van der Waals surface area contributed by atoms with E-state index in [1.54, 1.807) is 18.6 Å². The van der Waals surface area contributed by atoms with Crippen molar-refractivity contribution in [2.45, 2.75) is 0 Å². The number of nitrogens with zero attached hydrogens (tertiary/aromatic N) is 2. The summed E-state index contributed by atoms with van der Waals surface area (Å²) in [6, 6.07) is 3.77. The van der Waals surface area contributed by atoms with E-state index in [-0.39, 0.29) is 0 Å². The van der Waals surface area contributed by atoms with Crippen molar-refractivity contribution in [1.82, 2.24) is 4.98 Å². The van der Waals surface area contributed by atoms with Crippen molar-refractivity contribution in [2.24, 2.45) is 4.99 Å². The molecular weight excluding hydrogens is 148 g/mol. The van der Waals surface area contributed by atoms with Crippen LogP contribution in [-0.4, -0.2) is 11.2 Å². The van der Waals surface area contributed by atoms with Crippen LogP contribution in [-0.2, 0) is 0 Å². The number of hydrogen-bond donors (Lipinski definition) is 0. The smallest absolute Gasteiger partial charge is 0.0340 e. The van der Waals surface area contributed by atoms with Gasteiger partial charge in [0.05, 0.1) is 0 Å². The number of aliphatic imine (C=N–C) groups is 1. The lowest BCUT2D eigenvalue weighted by Crippen LogP contribution is -1.83. The molecule has 0 aliphatic heterocycles. The summed E-state index contributed by atoms with van der Waals surface area (Å²) in [5.74, 6) is 0. The molecule has 0 aromatic carbocycles. The predicted molar refractivity (Wildman–Crippen MR) is 52.0 cm³/mol. The molecular formula is C10H10N2. The summed E-state index contributed by atoms with van der Waals surface area (Å²) in [5.41, 5.74) is 1.88. The zero-order valence-corrected chi connectivity index (χ0v) is 6.77. The van der Waals surface area contributed by atoms with Gasteiger partial charge in [-0.2, -0.15) is 0 Å². The van der Waals surface area contributed by atoms with E-state index in [2.05, 4.69) is 23.1 Å². The third-order valence-corrected chi connectivity index (χ3v) is 1.39. The lowest BCUT2D eigenvalue weighted by Gasteiger charge is -1.96. The first kappa shape index (κ1) is 8.40. The second-order valence-electron chi connectivity index (χ2n) is 2.22. The Balaban J connectivity index is 2.79. The molecule has 2 nitrogen and oxygen atoms in total. The summed E-state index contributed by atoms with van der Waals surface area (Å²) in [7, 11) is 0. The summed E-state index contributed by atoms with van der Waals surface area (Å²) in [6.45, 7) is 7.31. The van der Waals surface area contributed by atoms with Crippen LogP contribution in [0.25, 0.3) is 5.57 Å². The van der Waals surface area contributed by atoms with Crippen molar-refractivity contribution >= 4 is 11.8 Å². The van der Waals surface area contributed by atoms with Gasteiger partial charge in [0.25, 0.3) is 0 Å². The highest BCUT2D eigenvalue weighted by Gasteiger charge is 1.91. The molecule has 1 aromatic heterocycles. The van der Waals surface area contributed by atoms with E-state index in [0.29, 0.717) is 0 Å². The van der Waals surface area contributed by atoms with Gasteiger partial charge in [0.2, 0.25) is 0 Å². The maximum Gasteiger partial charge on any atom is 0.0340 e. The molecule has 0 bridgehead atoms. The zero-order chi connectivity index (χ0) is 8.81. The van der Waals surface area contributed by atoms with Crippen LogP contribution in [0.15, 0.2) is 48.9 Å². The quantitative estimate of drug-likeness (QED) is 0.619. The van der Waals surface area contributed by atoms with Crippen molar-refractivity contribution in [2.75, 3.05) is 0 Å². The molecule has 12 heavy (non-hydrogen) atoms. The van der Waals surface area contributed by atoms with Crippen LogP contribution in [0.2, 0.25) is 0 Å². The molecule has 0 spiro atoms. The minimum atomic E-state index is 0.859. The fraction of sp³-hybridized carbons (Fsp3) is 0. The molecule has 1 rings (SSSR count). The summed E-state index contributed by atoms with van der Waals surface area (Å²) >= 11 is 0. The van der Waals surface area contributed by atoms with E-state index in [9.17, 15) is 0 Å². The Hall–Kier alpha value is -1.70. The first-order valence-corrected chi connectivity index (χ1v) is 3.58. The molecule has 0 unspecified atom stereocenters. The number of rotatable bonds is 3. The lowest BCUT2D eigenvalue weighted by atomic mass is 10.1. The van der Waals surface area contributed by atoms with Crippen LogP contribution in [0.3, 0.4) is 0 Å². The van der Waals surface area contributed by atoms with Gasteiger partial charge in [-0.3, -0.25) is 9.98 Å². The molecule has 0 N–H and O–H groups in total. The molecule has 60 valence electrons. The van der Waals surface area contributed by atoms with E-state index < -0.39 is 0 Å². The Kier molecular flexibility index (Phi) is 2.96. The highest BCUT2D eigenvalue weighted by molar-refractivity contribution is 6.08. The fourth-order valence-corrected chi connectivity index (χ4v) is 0.783. The van der Waals surface area contributed by atoms with E-state index in [0.717, 1.165) is 11.1 Å². The number of aromatic nitrogens is 1. The average molecular weight is 158 g/mol. The second kappa shape index (κ2) is 4.23. The summed E-state index contributed by atoms with van der Waals surface area (Å²) in [4.78, 5) is 7.77. The largest absolute Gasteiger partial charge is 0.265 e. The van der Waals surface area contributed by atoms with Crippen LogP contribution < -0.4 is 0 Å². The Bertz CT molecular complexity index is 299. The first-order valence-electron chi connectivity index (χ1n) is 3.58. The van der Waals surface area contributed by atoms with Gasteiger partial charge in [0.1, 0.15) is 0 Å². The molecule has 0 fully saturated rings. The molecule has 0 aliphatic carbocycles. The summed E-state index contributed by atoms with van der Waals surface area (Å²) in [6.07, 6.45) is 6.60. The molecule has 2 heteroatoms. The highest BCUT2D eigenvalue weighted by atomic mass is 14.7. The molecule has 0 saturated carbocycles. The molecule has 1 heterocycles. The van der Waals surface area contributed by atoms with Gasteiger partial charge < -0.3 is 0 Å². The van der Waals surface area contributed by atoms with Crippen LogP contribution in [0.5, 0.6) is 0 Å². The van der Waals surface area contributed by atoms with Gasteiger partial charge in [-0.1, -0.05) is 13.2 Å². The molecule has 0 amide bonds. The SMILES string of the molecule is C=CN=CC(=C)c1ccncc1. The Labute approximate surface area is 72.0 Å². The Morgan fingerprint density at radius 3 is 2.67 bits per heavy atom. The monoisotopic (exact) mass is 158 g/mol. The van der Waals surface area contributed by atoms with Crippen molar-refractivity contribution in [3.8, 4) is 0 Å². The lowest BCUT2D eigenvalue weighted by molar-refractivity contribution is 1.32. The standard InChI is InChI=1S/C10H10N2/c1-3-11-8-9(2)10-4-6-12-7-5-10/h3-8H,1-2H2. The predicted octanol–water partition coefficient (Wildman–Crippen LogP) is 2.31. The van der Waals surface area contributed by atoms with Crippen LogP contribution >= 0.6 is 0 Å². The molecule has 0 atom stereocenters. The van der Waals surface area contributed by atoms with E-state index >= 15 is 0 Å². The van der Waals surface area contributed by atoms with Gasteiger partial charge in [-0.05, 0) is 23.3 Å². The second-order valence-corrected chi connectivity index (χ2v) is 2.22. The molecule has 0 saturated heterocycles. The van der Waals surface area contributed by atoms with Crippen molar-refractivity contribution < 1.29 is 0 Å². The van der Waals surface area contributed by atoms with E-state index in [1.165, 1.54) is 6.20 Å².